The molecular weight excluding hydrogens is 522 g/mol. The summed E-state index contributed by atoms with van der Waals surface area (Å²) in [5, 5.41) is 8.64. The molecule has 0 bridgehead atoms. The number of carbonyl (C=O) groups is 1. The summed E-state index contributed by atoms with van der Waals surface area (Å²) in [6.45, 7) is 7.30. The van der Waals surface area contributed by atoms with Gasteiger partial charge in [-0.15, -0.1) is 5.10 Å². The lowest BCUT2D eigenvalue weighted by atomic mass is 9.89. The molecule has 1 aliphatic heterocycles. The number of hydrogen-bond acceptors (Lipinski definition) is 5. The molecule has 2 aromatic carbocycles. The third-order valence-corrected chi connectivity index (χ3v) is 10.0. The van der Waals surface area contributed by atoms with Crippen molar-refractivity contribution in [3.8, 4) is 11.1 Å². The average molecular weight is 564 g/mol. The molecule has 2 heterocycles. The highest BCUT2D eigenvalue weighted by molar-refractivity contribution is 7.89. The molecule has 8 nitrogen and oxygen atoms in total. The summed E-state index contributed by atoms with van der Waals surface area (Å²) >= 11 is 0. The largest absolute Gasteiger partial charge is 0.334 e. The molecule has 2 aliphatic rings. The normalized spacial score (nSPS) is 20.6. The summed E-state index contributed by atoms with van der Waals surface area (Å²) in [5.74, 6) is 0.156. The molecule has 0 spiro atoms. The van der Waals surface area contributed by atoms with Crippen molar-refractivity contribution in [2.45, 2.75) is 78.6 Å². The molecule has 1 aromatic heterocycles. The summed E-state index contributed by atoms with van der Waals surface area (Å²) < 4.78 is 30.4. The summed E-state index contributed by atoms with van der Waals surface area (Å²) in [6, 6.07) is 15.5. The predicted octanol–water partition coefficient (Wildman–Crippen LogP) is 5.03. The lowest BCUT2D eigenvalue weighted by Crippen LogP contribution is -2.49. The van der Waals surface area contributed by atoms with Gasteiger partial charge >= 0.3 is 0 Å². The smallest absolute Gasteiger partial charge is 0.241 e. The Morgan fingerprint density at radius 1 is 0.925 bits per heavy atom. The van der Waals surface area contributed by atoms with Crippen LogP contribution in [0.15, 0.2) is 54.7 Å². The maximum Gasteiger partial charge on any atom is 0.241 e. The number of aryl methyl sites for hydroxylation is 1. The van der Waals surface area contributed by atoms with Gasteiger partial charge in [-0.05, 0) is 48.3 Å². The molecule has 0 radical (unpaired) electrons. The van der Waals surface area contributed by atoms with E-state index >= 15 is 0 Å². The number of sulfonamides is 1. The van der Waals surface area contributed by atoms with Gasteiger partial charge in [-0.2, -0.15) is 4.31 Å². The molecule has 3 aromatic rings. The van der Waals surface area contributed by atoms with E-state index in [-0.39, 0.29) is 37.2 Å². The number of aromatic nitrogens is 3. The second-order valence-electron chi connectivity index (χ2n) is 11.8. The van der Waals surface area contributed by atoms with Crippen LogP contribution in [0.4, 0.5) is 0 Å². The van der Waals surface area contributed by atoms with Crippen LogP contribution in [0.2, 0.25) is 0 Å². The minimum absolute atomic E-state index is 0.111. The quantitative estimate of drug-likeness (QED) is 0.384. The van der Waals surface area contributed by atoms with E-state index in [9.17, 15) is 13.2 Å². The van der Waals surface area contributed by atoms with Crippen LogP contribution in [-0.2, 0) is 34.5 Å². The Labute approximate surface area is 238 Å². The van der Waals surface area contributed by atoms with Crippen molar-refractivity contribution in [2.24, 2.45) is 11.8 Å². The van der Waals surface area contributed by atoms with E-state index in [4.69, 9.17) is 0 Å². The van der Waals surface area contributed by atoms with Gasteiger partial charge in [-0.1, -0.05) is 92.4 Å². The van der Waals surface area contributed by atoms with Crippen LogP contribution in [-0.4, -0.2) is 56.9 Å². The van der Waals surface area contributed by atoms with E-state index in [2.05, 4.69) is 41.5 Å². The second kappa shape index (κ2) is 12.2. The highest BCUT2D eigenvalue weighted by Gasteiger charge is 2.42. The number of hydrogen-bond donors (Lipinski definition) is 0. The van der Waals surface area contributed by atoms with E-state index in [1.54, 1.807) is 4.90 Å². The van der Waals surface area contributed by atoms with E-state index in [0.717, 1.165) is 23.2 Å². The molecule has 2 fully saturated rings. The zero-order valence-corrected chi connectivity index (χ0v) is 24.7. The van der Waals surface area contributed by atoms with Crippen LogP contribution < -0.4 is 0 Å². The Kier molecular flexibility index (Phi) is 8.71. The third-order valence-electron chi connectivity index (χ3n) is 8.27. The van der Waals surface area contributed by atoms with E-state index in [1.165, 1.54) is 42.0 Å². The van der Waals surface area contributed by atoms with Crippen LogP contribution in [0.25, 0.3) is 11.1 Å². The van der Waals surface area contributed by atoms with Gasteiger partial charge in [0.1, 0.15) is 11.7 Å². The number of carbonyl (C=O) groups excluding carboxylic acids is 1. The highest BCUT2D eigenvalue weighted by Crippen LogP contribution is 2.28. The van der Waals surface area contributed by atoms with Crippen molar-refractivity contribution in [3.63, 3.8) is 0 Å². The van der Waals surface area contributed by atoms with Gasteiger partial charge in [-0.25, -0.2) is 8.42 Å². The zero-order chi connectivity index (χ0) is 28.3. The molecule has 1 saturated heterocycles. The minimum atomic E-state index is -3.66. The number of benzene rings is 2. The van der Waals surface area contributed by atoms with Gasteiger partial charge in [-0.3, -0.25) is 9.48 Å². The molecule has 40 heavy (non-hydrogen) atoms. The topological polar surface area (TPSA) is 88.4 Å². The molecule has 5 rings (SSSR count). The summed E-state index contributed by atoms with van der Waals surface area (Å²) in [7, 11) is -3.66. The number of amides is 1. The Morgan fingerprint density at radius 2 is 1.57 bits per heavy atom. The monoisotopic (exact) mass is 563 g/mol. The van der Waals surface area contributed by atoms with Gasteiger partial charge in [0.2, 0.25) is 15.9 Å². The molecule has 0 N–H and O–H groups in total. The Hall–Kier alpha value is -3.04. The number of nitrogens with zero attached hydrogens (tertiary/aromatic N) is 5. The average Bonchev–Trinajstić information content (AvgIpc) is 3.35. The Bertz CT molecular complexity index is 1390. The minimum Gasteiger partial charge on any atom is -0.334 e. The molecule has 1 amide bonds. The van der Waals surface area contributed by atoms with Gasteiger partial charge < -0.3 is 4.90 Å². The van der Waals surface area contributed by atoms with Gasteiger partial charge in [0, 0.05) is 19.6 Å². The Balaban J connectivity index is 1.31. The van der Waals surface area contributed by atoms with Crippen LogP contribution in [0.5, 0.6) is 0 Å². The fourth-order valence-electron chi connectivity index (χ4n) is 5.97. The first-order chi connectivity index (χ1) is 19.2. The van der Waals surface area contributed by atoms with Crippen molar-refractivity contribution in [1.82, 2.24) is 24.2 Å². The first kappa shape index (κ1) is 28.5. The molecule has 1 aliphatic carbocycles. The standard InChI is InChI=1S/C31H41N5O3S/c1-23(2)30-31(37)34(21-29-22-35(33-32-29)19-25-7-5-4-6-8-25)17-18-40(38,39)36(30)20-26-11-15-28(16-12-26)27-13-9-24(3)10-14-27/h9-16,22-23,25,30H,4-8,17-21H2,1-3H3. The van der Waals surface area contributed by atoms with E-state index < -0.39 is 16.1 Å². The van der Waals surface area contributed by atoms with Gasteiger partial charge in [0.25, 0.3) is 0 Å². The molecule has 1 unspecified atom stereocenters. The van der Waals surface area contributed by atoms with Crippen LogP contribution >= 0.6 is 0 Å². The summed E-state index contributed by atoms with van der Waals surface area (Å²) in [4.78, 5) is 15.5. The lowest BCUT2D eigenvalue weighted by Gasteiger charge is -2.32. The van der Waals surface area contributed by atoms with Crippen LogP contribution in [0, 0.1) is 18.8 Å². The molecule has 1 atom stereocenters. The fraction of sp³-hybridized carbons (Fsp3) is 0.516. The first-order valence-electron chi connectivity index (χ1n) is 14.5. The Morgan fingerprint density at radius 3 is 2.23 bits per heavy atom. The first-order valence-corrected chi connectivity index (χ1v) is 16.1. The lowest BCUT2D eigenvalue weighted by molar-refractivity contribution is -0.136. The molecule has 214 valence electrons. The highest BCUT2D eigenvalue weighted by atomic mass is 32.2. The maximum atomic E-state index is 13.8. The van der Waals surface area contributed by atoms with Crippen molar-refractivity contribution in [3.05, 3.63) is 71.5 Å². The van der Waals surface area contributed by atoms with Crippen LogP contribution in [0.1, 0.15) is 62.8 Å². The van der Waals surface area contributed by atoms with Crippen molar-refractivity contribution >= 4 is 15.9 Å². The van der Waals surface area contributed by atoms with Gasteiger partial charge in [0.05, 0.1) is 18.5 Å². The molecule has 1 saturated carbocycles. The zero-order valence-electron chi connectivity index (χ0n) is 23.9. The summed E-state index contributed by atoms with van der Waals surface area (Å²) in [6.07, 6.45) is 8.21. The van der Waals surface area contributed by atoms with E-state index in [1.807, 2.05) is 49.0 Å². The van der Waals surface area contributed by atoms with Crippen molar-refractivity contribution in [2.75, 3.05) is 12.3 Å². The van der Waals surface area contributed by atoms with E-state index in [0.29, 0.717) is 11.6 Å². The molecular formula is C31H41N5O3S. The number of rotatable bonds is 8. The predicted molar refractivity (Wildman–Crippen MR) is 157 cm³/mol. The second-order valence-corrected chi connectivity index (χ2v) is 13.8. The maximum absolute atomic E-state index is 13.8. The molecule has 9 heteroatoms. The SMILES string of the molecule is Cc1ccc(-c2ccc(CN3C(C(C)C)C(=O)N(Cc4cn(CC5CCCCC5)nn4)CCS3(=O)=O)cc2)cc1. The third kappa shape index (κ3) is 6.63. The van der Waals surface area contributed by atoms with Crippen molar-refractivity contribution in [1.29, 1.82) is 0 Å². The van der Waals surface area contributed by atoms with Gasteiger partial charge in [0.15, 0.2) is 0 Å². The van der Waals surface area contributed by atoms with Crippen molar-refractivity contribution < 1.29 is 13.2 Å². The summed E-state index contributed by atoms with van der Waals surface area (Å²) in [5.41, 5.74) is 4.94. The van der Waals surface area contributed by atoms with Crippen LogP contribution in [0.3, 0.4) is 0 Å². The fourth-order valence-corrected chi connectivity index (χ4v) is 7.68.